The van der Waals surface area contributed by atoms with Crippen LogP contribution in [0.3, 0.4) is 0 Å². The molecule has 1 aromatic rings. The molecule has 0 aliphatic heterocycles. The fraction of sp³-hybridized carbons (Fsp3) is 0.833. The molecular formula is C12H23N3O2. The van der Waals surface area contributed by atoms with Gasteiger partial charge in [0.2, 0.25) is 0 Å². The van der Waals surface area contributed by atoms with Crippen LogP contribution in [0.15, 0.2) is 9.32 Å². The van der Waals surface area contributed by atoms with Crippen LogP contribution in [0.4, 0.5) is 0 Å². The van der Waals surface area contributed by atoms with Gasteiger partial charge in [0, 0.05) is 12.5 Å². The molecule has 0 spiro atoms. The molecule has 1 rings (SSSR count). The third-order valence-electron chi connectivity index (χ3n) is 3.14. The zero-order valence-corrected chi connectivity index (χ0v) is 10.7. The maximum Gasteiger partial charge on any atom is 0.438 e. The molecule has 0 aromatic carbocycles. The molecule has 1 heterocycles. The standard InChI is InChI=1S/C12H23N3O2/c1-3-5-9(6-4-2)7-10(8-13)11-14-12(16)17-15-11/h9-10H,3-8,13H2,1-2H3,(H,14,15,16). The zero-order valence-electron chi connectivity index (χ0n) is 10.7. The molecule has 1 aromatic heterocycles. The molecule has 0 saturated carbocycles. The van der Waals surface area contributed by atoms with Gasteiger partial charge in [-0.2, -0.15) is 0 Å². The van der Waals surface area contributed by atoms with Gasteiger partial charge in [-0.05, 0) is 12.3 Å². The summed E-state index contributed by atoms with van der Waals surface area (Å²) in [6.45, 7) is 4.88. The van der Waals surface area contributed by atoms with Crippen molar-refractivity contribution in [1.29, 1.82) is 0 Å². The number of hydrogen-bond donors (Lipinski definition) is 2. The molecule has 0 bridgehead atoms. The quantitative estimate of drug-likeness (QED) is 0.729. The fourth-order valence-electron chi connectivity index (χ4n) is 2.34. The van der Waals surface area contributed by atoms with Crippen molar-refractivity contribution in [3.63, 3.8) is 0 Å². The molecule has 0 radical (unpaired) electrons. The molecule has 0 amide bonds. The van der Waals surface area contributed by atoms with Crippen LogP contribution >= 0.6 is 0 Å². The van der Waals surface area contributed by atoms with Crippen molar-refractivity contribution >= 4 is 0 Å². The van der Waals surface area contributed by atoms with E-state index in [1.165, 1.54) is 25.7 Å². The van der Waals surface area contributed by atoms with Gasteiger partial charge in [0.15, 0.2) is 5.82 Å². The predicted molar refractivity (Wildman–Crippen MR) is 66.8 cm³/mol. The maximum absolute atomic E-state index is 10.9. The molecule has 0 aliphatic rings. The zero-order chi connectivity index (χ0) is 12.7. The number of aromatic amines is 1. The summed E-state index contributed by atoms with van der Waals surface area (Å²) in [7, 11) is 0. The summed E-state index contributed by atoms with van der Waals surface area (Å²) in [6.07, 6.45) is 5.73. The molecule has 1 atom stereocenters. The number of aromatic nitrogens is 2. The summed E-state index contributed by atoms with van der Waals surface area (Å²) in [6, 6.07) is 0. The van der Waals surface area contributed by atoms with Gasteiger partial charge in [0.05, 0.1) is 0 Å². The Morgan fingerprint density at radius 2 is 2.00 bits per heavy atom. The van der Waals surface area contributed by atoms with Crippen molar-refractivity contribution in [2.75, 3.05) is 6.54 Å². The van der Waals surface area contributed by atoms with Crippen LogP contribution in [0.1, 0.15) is 57.7 Å². The van der Waals surface area contributed by atoms with Crippen molar-refractivity contribution in [3.05, 3.63) is 16.4 Å². The van der Waals surface area contributed by atoms with Crippen molar-refractivity contribution in [2.24, 2.45) is 11.7 Å². The van der Waals surface area contributed by atoms with Crippen LogP contribution in [-0.4, -0.2) is 16.7 Å². The first kappa shape index (κ1) is 14.0. The lowest BCUT2D eigenvalue weighted by Crippen LogP contribution is -2.18. The van der Waals surface area contributed by atoms with Crippen molar-refractivity contribution in [1.82, 2.24) is 10.1 Å². The number of hydrogen-bond acceptors (Lipinski definition) is 4. The van der Waals surface area contributed by atoms with Gasteiger partial charge in [-0.15, -0.1) is 0 Å². The average molecular weight is 241 g/mol. The molecule has 3 N–H and O–H groups in total. The number of rotatable bonds is 8. The first-order chi connectivity index (χ1) is 8.21. The fourth-order valence-corrected chi connectivity index (χ4v) is 2.34. The summed E-state index contributed by atoms with van der Waals surface area (Å²) < 4.78 is 4.53. The minimum atomic E-state index is -0.499. The largest absolute Gasteiger partial charge is 0.438 e. The Kier molecular flexibility index (Phi) is 5.97. The summed E-state index contributed by atoms with van der Waals surface area (Å²) in [5.74, 6) is 0.846. The second-order valence-corrected chi connectivity index (χ2v) is 4.59. The highest BCUT2D eigenvalue weighted by molar-refractivity contribution is 4.93. The Hall–Kier alpha value is -1.10. The number of nitrogens with two attached hydrogens (primary N) is 1. The number of nitrogens with zero attached hydrogens (tertiary/aromatic N) is 1. The molecule has 1 unspecified atom stereocenters. The Morgan fingerprint density at radius 1 is 1.35 bits per heavy atom. The number of nitrogens with one attached hydrogen (secondary N) is 1. The normalized spacial score (nSPS) is 13.2. The maximum atomic E-state index is 10.9. The molecule has 0 aliphatic carbocycles. The van der Waals surface area contributed by atoms with E-state index in [1.807, 2.05) is 0 Å². The average Bonchev–Trinajstić information content (AvgIpc) is 2.73. The van der Waals surface area contributed by atoms with Gasteiger partial charge in [0.1, 0.15) is 0 Å². The summed E-state index contributed by atoms with van der Waals surface area (Å²) >= 11 is 0. The van der Waals surface area contributed by atoms with Crippen LogP contribution < -0.4 is 11.5 Å². The molecule has 5 heteroatoms. The van der Waals surface area contributed by atoms with E-state index in [4.69, 9.17) is 5.73 Å². The Labute approximate surface area is 102 Å². The monoisotopic (exact) mass is 241 g/mol. The topological polar surface area (TPSA) is 84.9 Å². The first-order valence-corrected chi connectivity index (χ1v) is 6.47. The lowest BCUT2D eigenvalue weighted by molar-refractivity contribution is 0.351. The Morgan fingerprint density at radius 3 is 2.41 bits per heavy atom. The van der Waals surface area contributed by atoms with Crippen molar-refractivity contribution in [2.45, 2.75) is 51.9 Å². The highest BCUT2D eigenvalue weighted by Gasteiger charge is 2.19. The summed E-state index contributed by atoms with van der Waals surface area (Å²) in [4.78, 5) is 13.5. The van der Waals surface area contributed by atoms with Gasteiger partial charge in [-0.3, -0.25) is 9.51 Å². The van der Waals surface area contributed by atoms with Gasteiger partial charge in [0.25, 0.3) is 0 Å². The highest BCUT2D eigenvalue weighted by atomic mass is 16.5. The van der Waals surface area contributed by atoms with Crippen LogP contribution in [0.25, 0.3) is 0 Å². The van der Waals surface area contributed by atoms with Gasteiger partial charge in [-0.1, -0.05) is 44.7 Å². The molecule has 0 saturated heterocycles. The third-order valence-corrected chi connectivity index (χ3v) is 3.14. The third kappa shape index (κ3) is 4.34. The van der Waals surface area contributed by atoms with E-state index in [-0.39, 0.29) is 5.92 Å². The SMILES string of the molecule is CCCC(CCC)CC(CN)c1noc(=O)[nH]1. The lowest BCUT2D eigenvalue weighted by Gasteiger charge is -2.19. The predicted octanol–water partition coefficient (Wildman–Crippen LogP) is 2.01. The Balaban J connectivity index is 2.63. The van der Waals surface area contributed by atoms with E-state index in [0.29, 0.717) is 18.3 Å². The highest BCUT2D eigenvalue weighted by Crippen LogP contribution is 2.26. The van der Waals surface area contributed by atoms with Crippen LogP contribution in [-0.2, 0) is 0 Å². The van der Waals surface area contributed by atoms with Crippen LogP contribution in [0.5, 0.6) is 0 Å². The van der Waals surface area contributed by atoms with Crippen LogP contribution in [0.2, 0.25) is 0 Å². The lowest BCUT2D eigenvalue weighted by atomic mass is 9.87. The van der Waals surface area contributed by atoms with E-state index >= 15 is 0 Å². The molecule has 0 fully saturated rings. The van der Waals surface area contributed by atoms with Gasteiger partial charge < -0.3 is 5.73 Å². The smallest absolute Gasteiger partial charge is 0.330 e. The summed E-state index contributed by atoms with van der Waals surface area (Å²) in [5.41, 5.74) is 5.75. The van der Waals surface area contributed by atoms with E-state index in [9.17, 15) is 4.79 Å². The second-order valence-electron chi connectivity index (χ2n) is 4.59. The molecule has 5 nitrogen and oxygen atoms in total. The van der Waals surface area contributed by atoms with E-state index < -0.39 is 5.76 Å². The van der Waals surface area contributed by atoms with Crippen molar-refractivity contribution in [3.8, 4) is 0 Å². The minimum absolute atomic E-state index is 0.101. The summed E-state index contributed by atoms with van der Waals surface area (Å²) in [5, 5.41) is 3.74. The second kappa shape index (κ2) is 7.27. The van der Waals surface area contributed by atoms with E-state index in [0.717, 1.165) is 6.42 Å². The minimum Gasteiger partial charge on any atom is -0.330 e. The van der Waals surface area contributed by atoms with E-state index in [1.54, 1.807) is 0 Å². The number of H-pyrrole nitrogens is 1. The molecular weight excluding hydrogens is 218 g/mol. The van der Waals surface area contributed by atoms with Gasteiger partial charge >= 0.3 is 5.76 Å². The van der Waals surface area contributed by atoms with Gasteiger partial charge in [-0.25, -0.2) is 4.79 Å². The molecule has 98 valence electrons. The Bertz CT molecular complexity index is 353. The van der Waals surface area contributed by atoms with Crippen LogP contribution in [0, 0.1) is 5.92 Å². The van der Waals surface area contributed by atoms with E-state index in [2.05, 4.69) is 28.5 Å². The first-order valence-electron chi connectivity index (χ1n) is 6.47. The van der Waals surface area contributed by atoms with Crippen molar-refractivity contribution < 1.29 is 4.52 Å². The molecule has 17 heavy (non-hydrogen) atoms.